The van der Waals surface area contributed by atoms with Gasteiger partial charge < -0.3 is 5.73 Å². The fourth-order valence-corrected chi connectivity index (χ4v) is 1.74. The Morgan fingerprint density at radius 3 is 2.90 bits per heavy atom. The summed E-state index contributed by atoms with van der Waals surface area (Å²) in [6.07, 6.45) is 3.65. The van der Waals surface area contributed by atoms with Crippen LogP contribution in [0.5, 0.6) is 0 Å². The van der Waals surface area contributed by atoms with Crippen molar-refractivity contribution in [2.45, 2.75) is 26.2 Å². The molecule has 2 N–H and O–H groups in total. The van der Waals surface area contributed by atoms with Gasteiger partial charge in [0.05, 0.1) is 0 Å². The molecular weight excluding hydrogens is 142 g/mol. The molecule has 0 radical (unpaired) electrons. The molecule has 1 rings (SSSR count). The van der Waals surface area contributed by atoms with E-state index in [1.807, 2.05) is 6.07 Å². The third-order valence-corrected chi connectivity index (χ3v) is 2.53. The molecule has 0 saturated heterocycles. The molecule has 10 heavy (non-hydrogen) atoms. The highest BCUT2D eigenvalue weighted by Crippen LogP contribution is 2.20. The van der Waals surface area contributed by atoms with Gasteiger partial charge >= 0.3 is 0 Å². The molecule has 0 aliphatic rings. The van der Waals surface area contributed by atoms with Crippen molar-refractivity contribution in [3.05, 3.63) is 16.3 Å². The van der Waals surface area contributed by atoms with Crippen molar-refractivity contribution in [2.24, 2.45) is 0 Å². The molecule has 1 aromatic heterocycles. The number of anilines is 1. The maximum absolute atomic E-state index is 5.69. The van der Waals surface area contributed by atoms with Crippen molar-refractivity contribution in [1.29, 1.82) is 0 Å². The number of thiophene rings is 1. The smallest absolute Gasteiger partial charge is 0.0455 e. The zero-order chi connectivity index (χ0) is 7.40. The number of aryl methyl sites for hydroxylation is 1. The number of unbranched alkanes of at least 4 members (excludes halogenated alkanes) is 1. The maximum atomic E-state index is 5.69. The Morgan fingerprint density at radius 1 is 1.60 bits per heavy atom. The van der Waals surface area contributed by atoms with E-state index in [-0.39, 0.29) is 0 Å². The lowest BCUT2D eigenvalue weighted by atomic mass is 10.2. The van der Waals surface area contributed by atoms with Gasteiger partial charge in [-0.3, -0.25) is 0 Å². The lowest BCUT2D eigenvalue weighted by Gasteiger charge is -1.95. The van der Waals surface area contributed by atoms with Crippen molar-refractivity contribution in [2.75, 3.05) is 5.73 Å². The summed E-state index contributed by atoms with van der Waals surface area (Å²) in [5, 5.41) is 2.06. The van der Waals surface area contributed by atoms with Crippen LogP contribution in [0.3, 0.4) is 0 Å². The van der Waals surface area contributed by atoms with E-state index in [0.29, 0.717) is 0 Å². The molecule has 0 saturated carbocycles. The Balaban J connectivity index is 2.49. The first kappa shape index (κ1) is 7.61. The highest BCUT2D eigenvalue weighted by Gasteiger charge is 1.97. The maximum Gasteiger partial charge on any atom is 0.0455 e. The van der Waals surface area contributed by atoms with E-state index in [9.17, 15) is 0 Å². The van der Waals surface area contributed by atoms with Crippen LogP contribution in [0.1, 0.15) is 24.6 Å². The van der Waals surface area contributed by atoms with Crippen molar-refractivity contribution in [3.63, 3.8) is 0 Å². The number of hydrogen-bond donors (Lipinski definition) is 1. The van der Waals surface area contributed by atoms with Crippen LogP contribution in [0.25, 0.3) is 0 Å². The zero-order valence-corrected chi connectivity index (χ0v) is 7.08. The zero-order valence-electron chi connectivity index (χ0n) is 6.26. The van der Waals surface area contributed by atoms with Gasteiger partial charge in [-0.1, -0.05) is 13.3 Å². The predicted octanol–water partition coefficient (Wildman–Crippen LogP) is 2.67. The van der Waals surface area contributed by atoms with E-state index in [1.165, 1.54) is 17.7 Å². The summed E-state index contributed by atoms with van der Waals surface area (Å²) in [7, 11) is 0. The summed E-state index contributed by atoms with van der Waals surface area (Å²) in [6.45, 7) is 2.20. The summed E-state index contributed by atoms with van der Waals surface area (Å²) < 4.78 is 0. The Morgan fingerprint density at radius 2 is 2.40 bits per heavy atom. The molecule has 0 aliphatic heterocycles. The summed E-state index contributed by atoms with van der Waals surface area (Å²) >= 11 is 1.76. The van der Waals surface area contributed by atoms with E-state index < -0.39 is 0 Å². The van der Waals surface area contributed by atoms with Gasteiger partial charge in [-0.2, -0.15) is 0 Å². The van der Waals surface area contributed by atoms with E-state index in [4.69, 9.17) is 5.73 Å². The second-order valence-corrected chi connectivity index (χ2v) is 3.40. The molecule has 0 fully saturated rings. The molecule has 0 aromatic carbocycles. The van der Waals surface area contributed by atoms with Crippen LogP contribution in [-0.2, 0) is 6.42 Å². The van der Waals surface area contributed by atoms with Crippen LogP contribution in [0.2, 0.25) is 0 Å². The first-order valence-corrected chi connectivity index (χ1v) is 4.54. The molecule has 0 amide bonds. The molecule has 0 aliphatic carbocycles. The highest BCUT2D eigenvalue weighted by molar-refractivity contribution is 7.10. The molecule has 56 valence electrons. The Hall–Kier alpha value is -0.500. The lowest BCUT2D eigenvalue weighted by Crippen LogP contribution is -1.87. The molecule has 1 heterocycles. The van der Waals surface area contributed by atoms with Gasteiger partial charge in [-0.05, 0) is 24.3 Å². The van der Waals surface area contributed by atoms with E-state index in [1.54, 1.807) is 11.3 Å². The second kappa shape index (κ2) is 3.62. The minimum absolute atomic E-state index is 0.971. The van der Waals surface area contributed by atoms with Gasteiger partial charge in [0.1, 0.15) is 0 Å². The largest absolute Gasteiger partial charge is 0.398 e. The fraction of sp³-hybridized carbons (Fsp3) is 0.500. The first-order valence-electron chi connectivity index (χ1n) is 3.66. The van der Waals surface area contributed by atoms with Crippen LogP contribution < -0.4 is 5.73 Å². The van der Waals surface area contributed by atoms with Crippen molar-refractivity contribution in [1.82, 2.24) is 0 Å². The van der Waals surface area contributed by atoms with Crippen LogP contribution >= 0.6 is 11.3 Å². The third kappa shape index (κ3) is 1.74. The summed E-state index contributed by atoms with van der Waals surface area (Å²) in [6, 6.07) is 1.98. The Labute approximate surface area is 65.9 Å². The van der Waals surface area contributed by atoms with Crippen molar-refractivity contribution >= 4 is 17.0 Å². The van der Waals surface area contributed by atoms with Crippen LogP contribution in [-0.4, -0.2) is 0 Å². The number of nitrogens with two attached hydrogens (primary N) is 1. The molecule has 1 aromatic rings. The number of nitrogen functional groups attached to an aromatic ring is 1. The summed E-state index contributed by atoms with van der Waals surface area (Å²) in [5.74, 6) is 0. The molecule has 2 heteroatoms. The molecule has 0 atom stereocenters. The Kier molecular flexibility index (Phi) is 2.75. The van der Waals surface area contributed by atoms with Crippen LogP contribution in [0, 0.1) is 0 Å². The topological polar surface area (TPSA) is 26.0 Å². The van der Waals surface area contributed by atoms with E-state index >= 15 is 0 Å². The van der Waals surface area contributed by atoms with Crippen LogP contribution in [0.15, 0.2) is 11.4 Å². The van der Waals surface area contributed by atoms with Crippen molar-refractivity contribution < 1.29 is 0 Å². The normalized spacial score (nSPS) is 10.1. The van der Waals surface area contributed by atoms with Gasteiger partial charge in [-0.15, -0.1) is 11.3 Å². The van der Waals surface area contributed by atoms with Gasteiger partial charge in [-0.25, -0.2) is 0 Å². The van der Waals surface area contributed by atoms with Gasteiger partial charge in [0, 0.05) is 10.6 Å². The van der Waals surface area contributed by atoms with Crippen LogP contribution in [0.4, 0.5) is 5.69 Å². The minimum atomic E-state index is 0.971. The SMILES string of the molecule is CCCCc1sccc1N. The van der Waals surface area contributed by atoms with E-state index in [0.717, 1.165) is 12.1 Å². The molecule has 0 spiro atoms. The predicted molar refractivity (Wildman–Crippen MR) is 47.3 cm³/mol. The van der Waals surface area contributed by atoms with Gasteiger partial charge in [0.2, 0.25) is 0 Å². The van der Waals surface area contributed by atoms with Gasteiger partial charge in [0.25, 0.3) is 0 Å². The average molecular weight is 155 g/mol. The minimum Gasteiger partial charge on any atom is -0.398 e. The quantitative estimate of drug-likeness (QED) is 0.713. The fourth-order valence-electron chi connectivity index (χ4n) is 0.891. The number of rotatable bonds is 3. The van der Waals surface area contributed by atoms with Crippen molar-refractivity contribution in [3.8, 4) is 0 Å². The summed E-state index contributed by atoms with van der Waals surface area (Å²) in [5.41, 5.74) is 6.66. The monoisotopic (exact) mass is 155 g/mol. The van der Waals surface area contributed by atoms with Gasteiger partial charge in [0.15, 0.2) is 0 Å². The first-order chi connectivity index (χ1) is 4.84. The Bertz CT molecular complexity index is 193. The molecule has 1 nitrogen and oxygen atoms in total. The molecule has 0 unspecified atom stereocenters. The second-order valence-electron chi connectivity index (χ2n) is 2.40. The third-order valence-electron chi connectivity index (χ3n) is 1.54. The average Bonchev–Trinajstić information content (AvgIpc) is 2.31. The number of hydrogen-bond acceptors (Lipinski definition) is 2. The molecule has 0 bridgehead atoms. The summed E-state index contributed by atoms with van der Waals surface area (Å²) in [4.78, 5) is 1.35. The highest BCUT2D eigenvalue weighted by atomic mass is 32.1. The lowest BCUT2D eigenvalue weighted by molar-refractivity contribution is 0.805. The van der Waals surface area contributed by atoms with E-state index in [2.05, 4.69) is 12.3 Å². The standard InChI is InChI=1S/C8H13NS/c1-2-3-4-8-7(9)5-6-10-8/h5-6H,2-4,9H2,1H3. The molecular formula is C8H13NS.